The van der Waals surface area contributed by atoms with Gasteiger partial charge in [0.1, 0.15) is 0 Å². The first-order valence-corrected chi connectivity index (χ1v) is 5.09. The number of aryl methyl sites for hydroxylation is 2. The molecule has 76 valence electrons. The van der Waals surface area contributed by atoms with Gasteiger partial charge in [-0.1, -0.05) is 31.5 Å². The van der Waals surface area contributed by atoms with Crippen molar-refractivity contribution in [1.29, 1.82) is 0 Å². The van der Waals surface area contributed by atoms with Crippen molar-refractivity contribution in [2.24, 2.45) is 0 Å². The van der Waals surface area contributed by atoms with Crippen LogP contribution in [-0.4, -0.2) is 0 Å². The van der Waals surface area contributed by atoms with Gasteiger partial charge >= 0.3 is 0 Å². The predicted octanol–water partition coefficient (Wildman–Crippen LogP) is 3.90. The highest BCUT2D eigenvalue weighted by Crippen LogP contribution is 2.14. The molecule has 0 aliphatic heterocycles. The van der Waals surface area contributed by atoms with Crippen LogP contribution in [-0.2, 0) is 6.42 Å². The van der Waals surface area contributed by atoms with Crippen molar-refractivity contribution >= 4 is 0 Å². The third-order valence-corrected chi connectivity index (χ3v) is 2.14. The van der Waals surface area contributed by atoms with Crippen LogP contribution < -0.4 is 0 Å². The van der Waals surface area contributed by atoms with Crippen LogP contribution in [0.4, 0.5) is 0 Å². The molecule has 0 N–H and O–H groups in total. The van der Waals surface area contributed by atoms with Crippen LogP contribution in [0.1, 0.15) is 37.0 Å². The van der Waals surface area contributed by atoms with Crippen molar-refractivity contribution in [3.05, 3.63) is 34.9 Å². The van der Waals surface area contributed by atoms with Gasteiger partial charge in [0, 0.05) is 0 Å². The summed E-state index contributed by atoms with van der Waals surface area (Å²) in [6.45, 7) is 8.27. The molecule has 0 atom stereocenters. The average molecular weight is 188 g/mol. The summed E-state index contributed by atoms with van der Waals surface area (Å²) < 4.78 is 0. The number of rotatable bonds is 2. The fraction of sp³-hybridized carbons (Fsp3) is 0.429. The first kappa shape index (κ1) is 12.8. The third kappa shape index (κ3) is 4.14. The standard InChI is InChI=1S/C11H16.C3H4/c1-4-6-11-9(2)7-5-8-10(11)3;1-3-2/h5,7-8H,4,6H2,1-3H3;1H,2H3. The van der Waals surface area contributed by atoms with Crippen LogP contribution in [0.25, 0.3) is 0 Å². The lowest BCUT2D eigenvalue weighted by Gasteiger charge is -2.06. The Balaban J connectivity index is 0.000000500. The summed E-state index contributed by atoms with van der Waals surface area (Å²) in [4.78, 5) is 0. The number of benzene rings is 1. The molecule has 1 rings (SSSR count). The molecule has 0 spiro atoms. The van der Waals surface area contributed by atoms with Gasteiger partial charge in [-0.3, -0.25) is 0 Å². The Morgan fingerprint density at radius 1 is 1.21 bits per heavy atom. The molecule has 14 heavy (non-hydrogen) atoms. The predicted molar refractivity (Wildman–Crippen MR) is 64.4 cm³/mol. The van der Waals surface area contributed by atoms with Crippen molar-refractivity contribution in [3.63, 3.8) is 0 Å². The first-order valence-electron chi connectivity index (χ1n) is 5.09. The maximum atomic E-state index is 4.60. The van der Waals surface area contributed by atoms with E-state index >= 15 is 0 Å². The van der Waals surface area contributed by atoms with Gasteiger partial charge in [0.05, 0.1) is 0 Å². The summed E-state index contributed by atoms with van der Waals surface area (Å²) in [7, 11) is 0. The highest BCUT2D eigenvalue weighted by atomic mass is 14.0. The van der Waals surface area contributed by atoms with Crippen LogP contribution in [0, 0.1) is 26.2 Å². The Bertz CT molecular complexity index is 282. The Morgan fingerprint density at radius 3 is 2.00 bits per heavy atom. The van der Waals surface area contributed by atoms with Gasteiger partial charge in [0.2, 0.25) is 0 Å². The van der Waals surface area contributed by atoms with Gasteiger partial charge in [-0.2, -0.15) is 0 Å². The summed E-state index contributed by atoms with van der Waals surface area (Å²) in [5, 5.41) is 0. The second-order valence-electron chi connectivity index (χ2n) is 3.41. The largest absolute Gasteiger partial charge is 0.120 e. The van der Waals surface area contributed by atoms with Crippen LogP contribution in [0.5, 0.6) is 0 Å². The average Bonchev–Trinajstić information content (AvgIpc) is 2.13. The molecule has 0 aliphatic carbocycles. The van der Waals surface area contributed by atoms with Crippen LogP contribution in [0.3, 0.4) is 0 Å². The summed E-state index contributed by atoms with van der Waals surface area (Å²) in [5.74, 6) is 2.25. The molecule has 1 aromatic carbocycles. The molecule has 0 saturated heterocycles. The van der Waals surface area contributed by atoms with Gasteiger partial charge in [-0.05, 0) is 43.9 Å². The van der Waals surface area contributed by atoms with Gasteiger partial charge in [-0.25, -0.2) is 0 Å². The van der Waals surface area contributed by atoms with Crippen LogP contribution >= 0.6 is 0 Å². The molecule has 0 saturated carbocycles. The molecule has 0 radical (unpaired) electrons. The second kappa shape index (κ2) is 7.21. The molecule has 0 unspecified atom stereocenters. The normalized spacial score (nSPS) is 8.50. The lowest BCUT2D eigenvalue weighted by Crippen LogP contribution is -1.91. The van der Waals surface area contributed by atoms with E-state index in [1.54, 1.807) is 6.92 Å². The Hall–Kier alpha value is -1.22. The van der Waals surface area contributed by atoms with E-state index in [9.17, 15) is 0 Å². The van der Waals surface area contributed by atoms with E-state index in [2.05, 4.69) is 51.3 Å². The maximum absolute atomic E-state index is 4.60. The smallest absolute Gasteiger partial charge is 0.00297 e. The molecule has 0 heteroatoms. The summed E-state index contributed by atoms with van der Waals surface area (Å²) in [6, 6.07) is 6.51. The Morgan fingerprint density at radius 2 is 1.64 bits per heavy atom. The molecule has 0 fully saturated rings. The van der Waals surface area contributed by atoms with Gasteiger partial charge in [0.25, 0.3) is 0 Å². The quantitative estimate of drug-likeness (QED) is 0.618. The Labute approximate surface area is 88.4 Å². The molecular formula is C14H20. The number of hydrogen-bond acceptors (Lipinski definition) is 0. The molecular weight excluding hydrogens is 168 g/mol. The van der Waals surface area contributed by atoms with E-state index in [1.165, 1.54) is 29.5 Å². The lowest BCUT2D eigenvalue weighted by molar-refractivity contribution is 0.903. The molecule has 0 heterocycles. The first-order chi connectivity index (χ1) is 6.67. The van der Waals surface area contributed by atoms with Gasteiger partial charge in [0.15, 0.2) is 0 Å². The highest BCUT2D eigenvalue weighted by molar-refractivity contribution is 5.33. The van der Waals surface area contributed by atoms with Crippen molar-refractivity contribution in [3.8, 4) is 12.3 Å². The van der Waals surface area contributed by atoms with E-state index in [4.69, 9.17) is 0 Å². The highest BCUT2D eigenvalue weighted by Gasteiger charge is 1.98. The zero-order valence-electron chi connectivity index (χ0n) is 9.72. The van der Waals surface area contributed by atoms with Gasteiger partial charge in [-0.15, -0.1) is 12.3 Å². The molecule has 0 nitrogen and oxygen atoms in total. The topological polar surface area (TPSA) is 0 Å². The number of hydrogen-bond donors (Lipinski definition) is 0. The van der Waals surface area contributed by atoms with E-state index in [1.807, 2.05) is 0 Å². The maximum Gasteiger partial charge on any atom is -0.00297 e. The Kier molecular flexibility index (Phi) is 6.58. The molecule has 0 amide bonds. The van der Waals surface area contributed by atoms with Crippen LogP contribution in [0.2, 0.25) is 0 Å². The molecule has 0 aliphatic rings. The van der Waals surface area contributed by atoms with E-state index < -0.39 is 0 Å². The fourth-order valence-electron chi connectivity index (χ4n) is 1.49. The summed E-state index contributed by atoms with van der Waals surface area (Å²) in [6.07, 6.45) is 7.06. The second-order valence-corrected chi connectivity index (χ2v) is 3.41. The number of terminal acetylenes is 1. The van der Waals surface area contributed by atoms with E-state index in [0.29, 0.717) is 0 Å². The van der Waals surface area contributed by atoms with Gasteiger partial charge < -0.3 is 0 Å². The fourth-order valence-corrected chi connectivity index (χ4v) is 1.49. The summed E-state index contributed by atoms with van der Waals surface area (Å²) >= 11 is 0. The van der Waals surface area contributed by atoms with Crippen LogP contribution in [0.15, 0.2) is 18.2 Å². The zero-order chi connectivity index (χ0) is 11.0. The molecule has 0 bridgehead atoms. The van der Waals surface area contributed by atoms with E-state index in [0.717, 1.165) is 0 Å². The van der Waals surface area contributed by atoms with Crippen molar-refractivity contribution in [2.75, 3.05) is 0 Å². The van der Waals surface area contributed by atoms with Crippen molar-refractivity contribution in [1.82, 2.24) is 0 Å². The van der Waals surface area contributed by atoms with Crippen molar-refractivity contribution < 1.29 is 0 Å². The minimum Gasteiger partial charge on any atom is -0.120 e. The molecule has 1 aromatic rings. The minimum absolute atomic E-state index is 1.22. The lowest BCUT2D eigenvalue weighted by atomic mass is 9.99. The molecule has 0 aromatic heterocycles. The SMILES string of the molecule is C#CC.CCCc1c(C)cccc1C. The minimum atomic E-state index is 1.22. The summed E-state index contributed by atoms with van der Waals surface area (Å²) in [5.41, 5.74) is 4.41. The zero-order valence-corrected chi connectivity index (χ0v) is 9.72. The monoisotopic (exact) mass is 188 g/mol. The van der Waals surface area contributed by atoms with E-state index in [-0.39, 0.29) is 0 Å². The van der Waals surface area contributed by atoms with Crippen molar-refractivity contribution in [2.45, 2.75) is 40.5 Å². The third-order valence-electron chi connectivity index (χ3n) is 2.14.